The van der Waals surface area contributed by atoms with Crippen molar-refractivity contribution >= 4 is 0 Å². The van der Waals surface area contributed by atoms with Crippen LogP contribution in [0.5, 0.6) is 0 Å². The van der Waals surface area contributed by atoms with Gasteiger partial charge in [0.1, 0.15) is 0 Å². The first kappa shape index (κ1) is 8.10. The number of allylic oxidation sites excluding steroid dienone is 4. The van der Waals surface area contributed by atoms with Crippen molar-refractivity contribution in [1.82, 2.24) is 0 Å². The van der Waals surface area contributed by atoms with Crippen molar-refractivity contribution in [3.63, 3.8) is 0 Å². The van der Waals surface area contributed by atoms with E-state index < -0.39 is 0 Å². The second-order valence-corrected chi connectivity index (χ2v) is 4.17. The minimum atomic E-state index is 0.645. The second-order valence-electron chi connectivity index (χ2n) is 4.17. The smallest absolute Gasteiger partial charge is 0.00497 e. The quantitative estimate of drug-likeness (QED) is 0.591. The monoisotopic (exact) mass is 162 g/mol. The van der Waals surface area contributed by atoms with Crippen molar-refractivity contribution in [2.24, 2.45) is 5.41 Å². The number of hydrogen-bond acceptors (Lipinski definition) is 0. The van der Waals surface area contributed by atoms with Crippen LogP contribution in [0.15, 0.2) is 23.8 Å². The van der Waals surface area contributed by atoms with Gasteiger partial charge in [0, 0.05) is 0 Å². The zero-order valence-electron chi connectivity index (χ0n) is 7.97. The molecule has 0 saturated heterocycles. The topological polar surface area (TPSA) is 0 Å². The van der Waals surface area contributed by atoms with Crippen LogP contribution in [0.3, 0.4) is 0 Å². The average molecular weight is 162 g/mol. The SMILES string of the molecule is CCCC1(C2=CCCC=C2)CC1. The third kappa shape index (κ3) is 1.35. The first-order chi connectivity index (χ1) is 5.87. The Morgan fingerprint density at radius 1 is 1.33 bits per heavy atom. The molecule has 66 valence electrons. The van der Waals surface area contributed by atoms with Crippen LogP contribution in [0.1, 0.15) is 45.4 Å². The molecule has 0 amide bonds. The van der Waals surface area contributed by atoms with E-state index in [0.29, 0.717) is 5.41 Å². The van der Waals surface area contributed by atoms with E-state index in [4.69, 9.17) is 0 Å². The van der Waals surface area contributed by atoms with E-state index in [2.05, 4.69) is 25.2 Å². The fourth-order valence-electron chi connectivity index (χ4n) is 2.32. The number of rotatable bonds is 3. The zero-order chi connectivity index (χ0) is 8.44. The van der Waals surface area contributed by atoms with Gasteiger partial charge in [-0.1, -0.05) is 31.6 Å². The molecular weight excluding hydrogens is 144 g/mol. The summed E-state index contributed by atoms with van der Waals surface area (Å²) in [4.78, 5) is 0. The van der Waals surface area contributed by atoms with E-state index in [0.717, 1.165) is 0 Å². The minimum absolute atomic E-state index is 0.645. The Balaban J connectivity index is 2.07. The van der Waals surface area contributed by atoms with Crippen LogP contribution in [0.25, 0.3) is 0 Å². The lowest BCUT2D eigenvalue weighted by molar-refractivity contribution is 0.545. The predicted molar refractivity (Wildman–Crippen MR) is 53.0 cm³/mol. The summed E-state index contributed by atoms with van der Waals surface area (Å²) in [5.74, 6) is 0. The molecule has 0 aromatic carbocycles. The van der Waals surface area contributed by atoms with Crippen LogP contribution < -0.4 is 0 Å². The largest absolute Gasteiger partial charge is 0.0839 e. The third-order valence-corrected chi connectivity index (χ3v) is 3.19. The Morgan fingerprint density at radius 2 is 2.17 bits per heavy atom. The Bertz CT molecular complexity index is 216. The Kier molecular flexibility index (Phi) is 2.08. The van der Waals surface area contributed by atoms with Gasteiger partial charge in [0.25, 0.3) is 0 Å². The van der Waals surface area contributed by atoms with Crippen molar-refractivity contribution < 1.29 is 0 Å². The van der Waals surface area contributed by atoms with E-state index >= 15 is 0 Å². The zero-order valence-corrected chi connectivity index (χ0v) is 7.97. The highest BCUT2D eigenvalue weighted by Gasteiger charge is 2.43. The van der Waals surface area contributed by atoms with Gasteiger partial charge < -0.3 is 0 Å². The minimum Gasteiger partial charge on any atom is -0.0839 e. The van der Waals surface area contributed by atoms with Gasteiger partial charge in [-0.25, -0.2) is 0 Å². The molecule has 0 N–H and O–H groups in total. The summed E-state index contributed by atoms with van der Waals surface area (Å²) >= 11 is 0. The molecule has 0 heterocycles. The maximum atomic E-state index is 2.46. The summed E-state index contributed by atoms with van der Waals surface area (Å²) in [7, 11) is 0. The third-order valence-electron chi connectivity index (χ3n) is 3.19. The summed E-state index contributed by atoms with van der Waals surface area (Å²) in [5, 5.41) is 0. The summed E-state index contributed by atoms with van der Waals surface area (Å²) in [6.45, 7) is 2.30. The van der Waals surface area contributed by atoms with Gasteiger partial charge in [-0.15, -0.1) is 0 Å². The predicted octanol–water partition coefficient (Wildman–Crippen LogP) is 3.84. The van der Waals surface area contributed by atoms with Crippen molar-refractivity contribution in [2.45, 2.75) is 45.4 Å². The molecule has 0 aliphatic heterocycles. The fourth-order valence-corrected chi connectivity index (χ4v) is 2.32. The van der Waals surface area contributed by atoms with Gasteiger partial charge in [-0.05, 0) is 43.1 Å². The van der Waals surface area contributed by atoms with E-state index in [1.807, 2.05) is 0 Å². The van der Waals surface area contributed by atoms with Crippen LogP contribution in [0.2, 0.25) is 0 Å². The highest BCUT2D eigenvalue weighted by atomic mass is 14.5. The lowest BCUT2D eigenvalue weighted by Crippen LogP contribution is -2.03. The molecule has 0 spiro atoms. The highest BCUT2D eigenvalue weighted by molar-refractivity contribution is 5.33. The fraction of sp³-hybridized carbons (Fsp3) is 0.667. The highest BCUT2D eigenvalue weighted by Crippen LogP contribution is 2.56. The normalized spacial score (nSPS) is 25.2. The Labute approximate surface area is 75.4 Å². The van der Waals surface area contributed by atoms with Crippen LogP contribution in [0, 0.1) is 5.41 Å². The molecule has 0 aromatic rings. The first-order valence-corrected chi connectivity index (χ1v) is 5.24. The molecule has 0 nitrogen and oxygen atoms in total. The standard InChI is InChI=1S/C12H18/c1-2-8-12(9-10-12)11-6-4-3-5-7-11/h4,6-7H,2-3,5,8-10H2,1H3. The molecule has 0 bridgehead atoms. The lowest BCUT2D eigenvalue weighted by Gasteiger charge is -2.17. The molecule has 2 aliphatic carbocycles. The molecule has 2 aliphatic rings. The summed E-state index contributed by atoms with van der Waals surface area (Å²) in [6.07, 6.45) is 15.3. The van der Waals surface area contributed by atoms with Crippen LogP contribution >= 0.6 is 0 Å². The molecule has 0 radical (unpaired) electrons. The van der Waals surface area contributed by atoms with Crippen LogP contribution in [-0.4, -0.2) is 0 Å². The first-order valence-electron chi connectivity index (χ1n) is 5.24. The summed E-state index contributed by atoms with van der Waals surface area (Å²) < 4.78 is 0. The van der Waals surface area contributed by atoms with E-state index in [1.54, 1.807) is 5.57 Å². The van der Waals surface area contributed by atoms with E-state index in [-0.39, 0.29) is 0 Å². The van der Waals surface area contributed by atoms with Crippen LogP contribution in [0.4, 0.5) is 0 Å². The van der Waals surface area contributed by atoms with Gasteiger partial charge in [-0.3, -0.25) is 0 Å². The molecule has 1 fully saturated rings. The van der Waals surface area contributed by atoms with Gasteiger partial charge >= 0.3 is 0 Å². The molecule has 2 rings (SSSR count). The molecule has 0 unspecified atom stereocenters. The van der Waals surface area contributed by atoms with Crippen molar-refractivity contribution in [3.8, 4) is 0 Å². The summed E-state index contributed by atoms with van der Waals surface area (Å²) in [6, 6.07) is 0. The maximum Gasteiger partial charge on any atom is -0.00497 e. The summed E-state index contributed by atoms with van der Waals surface area (Å²) in [5.41, 5.74) is 2.29. The van der Waals surface area contributed by atoms with Crippen LogP contribution in [-0.2, 0) is 0 Å². The van der Waals surface area contributed by atoms with Crippen molar-refractivity contribution in [1.29, 1.82) is 0 Å². The van der Waals surface area contributed by atoms with Crippen molar-refractivity contribution in [3.05, 3.63) is 23.8 Å². The lowest BCUT2D eigenvalue weighted by atomic mass is 9.87. The van der Waals surface area contributed by atoms with Gasteiger partial charge in [0.15, 0.2) is 0 Å². The molecule has 0 atom stereocenters. The number of hydrogen-bond donors (Lipinski definition) is 0. The average Bonchev–Trinajstić information content (AvgIpc) is 2.88. The molecular formula is C12H18. The van der Waals surface area contributed by atoms with Gasteiger partial charge in [-0.2, -0.15) is 0 Å². The Hall–Kier alpha value is -0.520. The van der Waals surface area contributed by atoms with E-state index in [1.165, 1.54) is 38.5 Å². The molecule has 1 saturated carbocycles. The van der Waals surface area contributed by atoms with Crippen molar-refractivity contribution in [2.75, 3.05) is 0 Å². The second kappa shape index (κ2) is 3.08. The Morgan fingerprint density at radius 3 is 2.67 bits per heavy atom. The molecule has 12 heavy (non-hydrogen) atoms. The van der Waals surface area contributed by atoms with Gasteiger partial charge in [0.2, 0.25) is 0 Å². The maximum absolute atomic E-state index is 2.46. The van der Waals surface area contributed by atoms with Gasteiger partial charge in [0.05, 0.1) is 0 Å². The van der Waals surface area contributed by atoms with E-state index in [9.17, 15) is 0 Å². The molecule has 0 heteroatoms. The molecule has 0 aromatic heterocycles.